The number of nitrogens with zero attached hydrogens (tertiary/aromatic N) is 1. The number of aromatic hydroxyl groups is 1. The molecule has 1 aromatic carbocycles. The number of phenols is 1. The Hall–Kier alpha value is -2.04. The first kappa shape index (κ1) is 12.0. The van der Waals surface area contributed by atoms with Gasteiger partial charge in [0.25, 0.3) is 5.91 Å². The van der Waals surface area contributed by atoms with Gasteiger partial charge in [0.1, 0.15) is 5.75 Å². The molecule has 0 aliphatic rings. The highest BCUT2D eigenvalue weighted by molar-refractivity contribution is 5.91. The average molecular weight is 223 g/mol. The number of hydrogen-bond acceptors (Lipinski definition) is 4. The third-order valence-electron chi connectivity index (χ3n) is 1.93. The van der Waals surface area contributed by atoms with E-state index in [0.29, 0.717) is 5.56 Å². The topological polar surface area (TPSA) is 66.8 Å². The molecule has 0 saturated carbocycles. The van der Waals surface area contributed by atoms with Crippen LogP contribution in [0.2, 0.25) is 0 Å². The lowest BCUT2D eigenvalue weighted by molar-refractivity contribution is -0.131. The summed E-state index contributed by atoms with van der Waals surface area (Å²) in [5.74, 6) is -0.803. The summed E-state index contributed by atoms with van der Waals surface area (Å²) in [7, 11) is 3.16. The van der Waals surface area contributed by atoms with E-state index in [1.807, 2.05) is 0 Å². The van der Waals surface area contributed by atoms with E-state index < -0.39 is 5.97 Å². The summed E-state index contributed by atoms with van der Waals surface area (Å²) in [6.07, 6.45) is 0. The number of likely N-dealkylation sites (N-methyl/N-ethyl adjacent to an activating group) is 1. The molecule has 16 heavy (non-hydrogen) atoms. The van der Waals surface area contributed by atoms with Gasteiger partial charge < -0.3 is 14.7 Å². The van der Waals surface area contributed by atoms with Crippen molar-refractivity contribution in [2.45, 2.75) is 0 Å². The van der Waals surface area contributed by atoms with Crippen molar-refractivity contribution >= 4 is 11.9 Å². The number of carbonyl (C=O) groups excluding carboxylic acids is 2. The summed E-state index contributed by atoms with van der Waals surface area (Å²) >= 11 is 0. The lowest BCUT2D eigenvalue weighted by Gasteiger charge is -2.10. The van der Waals surface area contributed by atoms with Crippen LogP contribution in [0.25, 0.3) is 0 Å². The lowest BCUT2D eigenvalue weighted by atomic mass is 10.2. The van der Waals surface area contributed by atoms with Gasteiger partial charge in [0, 0.05) is 14.1 Å². The SMILES string of the molecule is CN(C)C(=O)COC(=O)c1ccc(O)cc1. The largest absolute Gasteiger partial charge is 0.508 e. The minimum atomic E-state index is -0.588. The molecule has 86 valence electrons. The molecule has 0 saturated heterocycles. The van der Waals surface area contributed by atoms with Crippen molar-refractivity contribution in [2.75, 3.05) is 20.7 Å². The molecule has 1 rings (SSSR count). The molecule has 0 radical (unpaired) electrons. The molecular weight excluding hydrogens is 210 g/mol. The zero-order valence-electron chi connectivity index (χ0n) is 9.14. The van der Waals surface area contributed by atoms with Crippen molar-refractivity contribution in [1.82, 2.24) is 4.90 Å². The standard InChI is InChI=1S/C11H13NO4/c1-12(2)10(14)7-16-11(15)8-3-5-9(13)6-4-8/h3-6,13H,7H2,1-2H3. The van der Waals surface area contributed by atoms with Gasteiger partial charge in [0.15, 0.2) is 6.61 Å². The van der Waals surface area contributed by atoms with Crippen molar-refractivity contribution in [3.63, 3.8) is 0 Å². The van der Waals surface area contributed by atoms with Crippen LogP contribution in [0.5, 0.6) is 5.75 Å². The second kappa shape index (κ2) is 5.16. The fraction of sp³-hybridized carbons (Fsp3) is 0.273. The number of esters is 1. The number of carbonyl (C=O) groups is 2. The quantitative estimate of drug-likeness (QED) is 0.763. The minimum absolute atomic E-state index is 0.0703. The summed E-state index contributed by atoms with van der Waals surface area (Å²) in [6, 6.07) is 5.62. The van der Waals surface area contributed by atoms with Gasteiger partial charge in [0.2, 0.25) is 0 Å². The molecule has 1 amide bonds. The average Bonchev–Trinajstić information content (AvgIpc) is 2.26. The van der Waals surface area contributed by atoms with E-state index in [2.05, 4.69) is 0 Å². The van der Waals surface area contributed by atoms with Crippen LogP contribution in [-0.4, -0.2) is 42.6 Å². The van der Waals surface area contributed by atoms with Crippen LogP contribution >= 0.6 is 0 Å². The summed E-state index contributed by atoms with van der Waals surface area (Å²) in [4.78, 5) is 23.9. The van der Waals surface area contributed by atoms with Crippen LogP contribution in [-0.2, 0) is 9.53 Å². The van der Waals surface area contributed by atoms with Crippen LogP contribution < -0.4 is 0 Å². The smallest absolute Gasteiger partial charge is 0.338 e. The molecule has 0 unspecified atom stereocenters. The zero-order valence-corrected chi connectivity index (χ0v) is 9.14. The number of hydrogen-bond donors (Lipinski definition) is 1. The molecule has 0 atom stereocenters. The van der Waals surface area contributed by atoms with E-state index in [4.69, 9.17) is 9.84 Å². The van der Waals surface area contributed by atoms with Gasteiger partial charge in [-0.2, -0.15) is 0 Å². The van der Waals surface area contributed by atoms with Crippen molar-refractivity contribution < 1.29 is 19.4 Å². The van der Waals surface area contributed by atoms with Crippen LogP contribution in [0, 0.1) is 0 Å². The molecule has 5 nitrogen and oxygen atoms in total. The van der Waals surface area contributed by atoms with Crippen LogP contribution in [0.3, 0.4) is 0 Å². The van der Waals surface area contributed by atoms with Crippen molar-refractivity contribution in [3.05, 3.63) is 29.8 Å². The zero-order chi connectivity index (χ0) is 12.1. The molecular formula is C11H13NO4. The van der Waals surface area contributed by atoms with Crippen molar-refractivity contribution in [3.8, 4) is 5.75 Å². The van der Waals surface area contributed by atoms with E-state index in [9.17, 15) is 9.59 Å². The highest BCUT2D eigenvalue weighted by Gasteiger charge is 2.10. The highest BCUT2D eigenvalue weighted by atomic mass is 16.5. The van der Waals surface area contributed by atoms with Gasteiger partial charge >= 0.3 is 5.97 Å². The number of phenolic OH excluding ortho intramolecular Hbond substituents is 1. The van der Waals surface area contributed by atoms with Gasteiger partial charge in [-0.05, 0) is 24.3 Å². The molecule has 0 fully saturated rings. The Balaban J connectivity index is 2.53. The second-order valence-corrected chi connectivity index (χ2v) is 3.41. The predicted octanol–water partition coefficient (Wildman–Crippen LogP) is 0.637. The van der Waals surface area contributed by atoms with Crippen molar-refractivity contribution in [2.24, 2.45) is 0 Å². The highest BCUT2D eigenvalue weighted by Crippen LogP contribution is 2.10. The first-order chi connectivity index (χ1) is 7.50. The van der Waals surface area contributed by atoms with Crippen LogP contribution in [0.15, 0.2) is 24.3 Å². The summed E-state index contributed by atoms with van der Waals surface area (Å²) < 4.78 is 4.78. The fourth-order valence-corrected chi connectivity index (χ4v) is 0.937. The molecule has 0 aromatic heterocycles. The summed E-state index contributed by atoms with van der Waals surface area (Å²) in [5.41, 5.74) is 0.296. The molecule has 0 spiro atoms. The maximum absolute atomic E-state index is 11.4. The van der Waals surface area contributed by atoms with Crippen LogP contribution in [0.1, 0.15) is 10.4 Å². The van der Waals surface area contributed by atoms with Gasteiger partial charge in [-0.1, -0.05) is 0 Å². The molecule has 0 aliphatic heterocycles. The van der Waals surface area contributed by atoms with Crippen molar-refractivity contribution in [1.29, 1.82) is 0 Å². The number of benzene rings is 1. The molecule has 0 heterocycles. The fourth-order valence-electron chi connectivity index (χ4n) is 0.937. The normalized spacial score (nSPS) is 9.62. The number of amides is 1. The monoisotopic (exact) mass is 223 g/mol. The molecule has 5 heteroatoms. The molecule has 1 aromatic rings. The molecule has 0 aliphatic carbocycles. The number of ether oxygens (including phenoxy) is 1. The Morgan fingerprint density at radius 1 is 1.25 bits per heavy atom. The second-order valence-electron chi connectivity index (χ2n) is 3.41. The van der Waals surface area contributed by atoms with E-state index in [0.717, 1.165) is 0 Å². The first-order valence-corrected chi connectivity index (χ1v) is 4.67. The van der Waals surface area contributed by atoms with Gasteiger partial charge in [0.05, 0.1) is 5.56 Å². The predicted molar refractivity (Wildman–Crippen MR) is 57.1 cm³/mol. The Morgan fingerprint density at radius 3 is 2.31 bits per heavy atom. The van der Waals surface area contributed by atoms with E-state index >= 15 is 0 Å². The maximum atomic E-state index is 11.4. The Kier molecular flexibility index (Phi) is 3.88. The number of rotatable bonds is 3. The third-order valence-corrected chi connectivity index (χ3v) is 1.93. The van der Waals surface area contributed by atoms with Gasteiger partial charge in [-0.25, -0.2) is 4.79 Å². The maximum Gasteiger partial charge on any atom is 0.338 e. The Morgan fingerprint density at radius 2 is 1.81 bits per heavy atom. The molecule has 0 bridgehead atoms. The van der Waals surface area contributed by atoms with E-state index in [-0.39, 0.29) is 18.3 Å². The van der Waals surface area contributed by atoms with Crippen LogP contribution in [0.4, 0.5) is 0 Å². The van der Waals surface area contributed by atoms with E-state index in [1.54, 1.807) is 14.1 Å². The minimum Gasteiger partial charge on any atom is -0.508 e. The lowest BCUT2D eigenvalue weighted by Crippen LogP contribution is -2.27. The summed E-state index contributed by atoms with van der Waals surface area (Å²) in [5, 5.41) is 9.02. The molecule has 1 N–H and O–H groups in total. The van der Waals surface area contributed by atoms with E-state index in [1.165, 1.54) is 29.2 Å². The third kappa shape index (κ3) is 3.27. The first-order valence-electron chi connectivity index (χ1n) is 4.67. The summed E-state index contributed by atoms with van der Waals surface area (Å²) in [6.45, 7) is -0.285. The van der Waals surface area contributed by atoms with Gasteiger partial charge in [-0.3, -0.25) is 4.79 Å². The van der Waals surface area contributed by atoms with Gasteiger partial charge in [-0.15, -0.1) is 0 Å². The Bertz CT molecular complexity index is 383. The Labute approximate surface area is 93.2 Å².